The molecule has 0 aromatic carbocycles. The van der Waals surface area contributed by atoms with E-state index in [1.165, 1.54) is 0 Å². The number of piperazine rings is 1. The number of likely N-dealkylation sites (N-methyl/N-ethyl adjacent to an activating group) is 1. The molecule has 0 aliphatic carbocycles. The van der Waals surface area contributed by atoms with E-state index in [0.29, 0.717) is 13.1 Å². The highest BCUT2D eigenvalue weighted by molar-refractivity contribution is 7.91. The summed E-state index contributed by atoms with van der Waals surface area (Å²) in [7, 11) is 0.387. The molecule has 3 rings (SSSR count). The number of fused-ring (bicyclic) bond motifs is 1. The average Bonchev–Trinajstić information content (AvgIpc) is 3.12. The standard InChI is InChI=1S/C16H27N5O3S/c1-4-21-9-13(7-17-21)8-19-5-6-20(10-16(22)18(2)3)15-12-25(23,24)11-14(15)19/h7,9,14-15H,4-6,8,10-12H2,1-3H3/t14-,15+/m0/s1. The van der Waals surface area contributed by atoms with Crippen LogP contribution in [0, 0.1) is 0 Å². The smallest absolute Gasteiger partial charge is 0.236 e. The van der Waals surface area contributed by atoms with Gasteiger partial charge in [-0.3, -0.25) is 19.3 Å². The molecule has 0 N–H and O–H groups in total. The maximum absolute atomic E-state index is 12.2. The van der Waals surface area contributed by atoms with Crippen LogP contribution in [-0.4, -0.2) is 96.1 Å². The van der Waals surface area contributed by atoms with Gasteiger partial charge in [-0.05, 0) is 6.92 Å². The van der Waals surface area contributed by atoms with Crippen LogP contribution in [0.1, 0.15) is 12.5 Å². The summed E-state index contributed by atoms with van der Waals surface area (Å²) < 4.78 is 26.4. The summed E-state index contributed by atoms with van der Waals surface area (Å²) in [6.07, 6.45) is 3.87. The fourth-order valence-corrected chi connectivity index (χ4v) is 5.74. The van der Waals surface area contributed by atoms with E-state index in [4.69, 9.17) is 0 Å². The molecule has 0 spiro atoms. The van der Waals surface area contributed by atoms with E-state index in [0.717, 1.165) is 18.7 Å². The predicted octanol–water partition coefficient (Wildman–Crippen LogP) is -0.726. The molecule has 0 unspecified atom stereocenters. The summed E-state index contributed by atoms with van der Waals surface area (Å²) in [6, 6.07) is -0.164. The van der Waals surface area contributed by atoms with Gasteiger partial charge < -0.3 is 4.90 Å². The van der Waals surface area contributed by atoms with Gasteiger partial charge in [0.2, 0.25) is 5.91 Å². The van der Waals surface area contributed by atoms with Crippen LogP contribution < -0.4 is 0 Å². The van der Waals surface area contributed by atoms with Crippen LogP contribution in [0.25, 0.3) is 0 Å². The van der Waals surface area contributed by atoms with Gasteiger partial charge in [0.15, 0.2) is 9.84 Å². The van der Waals surface area contributed by atoms with Crippen molar-refractivity contribution in [3.63, 3.8) is 0 Å². The molecule has 2 aliphatic heterocycles. The van der Waals surface area contributed by atoms with E-state index in [-0.39, 0.29) is 36.0 Å². The first kappa shape index (κ1) is 18.3. The molecule has 0 saturated carbocycles. The Morgan fingerprint density at radius 1 is 1.24 bits per heavy atom. The number of hydrogen-bond acceptors (Lipinski definition) is 6. The third kappa shape index (κ3) is 4.04. The van der Waals surface area contributed by atoms with E-state index in [2.05, 4.69) is 10.00 Å². The zero-order chi connectivity index (χ0) is 18.2. The van der Waals surface area contributed by atoms with Gasteiger partial charge in [0.1, 0.15) is 0 Å². The van der Waals surface area contributed by atoms with Gasteiger partial charge in [-0.1, -0.05) is 0 Å². The first-order chi connectivity index (χ1) is 11.8. The summed E-state index contributed by atoms with van der Waals surface area (Å²) >= 11 is 0. The molecular weight excluding hydrogens is 342 g/mol. The fraction of sp³-hybridized carbons (Fsp3) is 0.750. The zero-order valence-corrected chi connectivity index (χ0v) is 15.9. The Kier molecular flexibility index (Phi) is 5.17. The minimum Gasteiger partial charge on any atom is -0.348 e. The molecule has 25 heavy (non-hydrogen) atoms. The molecule has 2 fully saturated rings. The molecule has 2 atom stereocenters. The number of carbonyl (C=O) groups excluding carboxylic acids is 1. The maximum atomic E-state index is 12.2. The lowest BCUT2D eigenvalue weighted by atomic mass is 10.0. The summed E-state index contributed by atoms with van der Waals surface area (Å²) in [5.74, 6) is 0.329. The van der Waals surface area contributed by atoms with Gasteiger partial charge >= 0.3 is 0 Å². The van der Waals surface area contributed by atoms with Crippen molar-refractivity contribution >= 4 is 15.7 Å². The topological polar surface area (TPSA) is 78.8 Å². The van der Waals surface area contributed by atoms with E-state index in [9.17, 15) is 13.2 Å². The van der Waals surface area contributed by atoms with Gasteiger partial charge in [-0.2, -0.15) is 5.10 Å². The first-order valence-electron chi connectivity index (χ1n) is 8.69. The summed E-state index contributed by atoms with van der Waals surface area (Å²) in [5.41, 5.74) is 1.10. The highest BCUT2D eigenvalue weighted by Crippen LogP contribution is 2.28. The van der Waals surface area contributed by atoms with Crippen LogP contribution in [-0.2, 0) is 27.7 Å². The summed E-state index contributed by atoms with van der Waals surface area (Å²) in [5, 5.41) is 4.30. The number of aromatic nitrogens is 2. The number of hydrogen-bond donors (Lipinski definition) is 0. The summed E-state index contributed by atoms with van der Waals surface area (Å²) in [6.45, 7) is 5.31. The lowest BCUT2D eigenvalue weighted by molar-refractivity contribution is -0.131. The molecule has 1 aromatic rings. The average molecular weight is 369 g/mol. The van der Waals surface area contributed by atoms with Crippen LogP contribution in [0.15, 0.2) is 12.4 Å². The monoisotopic (exact) mass is 369 g/mol. The van der Waals surface area contributed by atoms with Crippen molar-refractivity contribution in [2.24, 2.45) is 0 Å². The molecule has 140 valence electrons. The van der Waals surface area contributed by atoms with Crippen molar-refractivity contribution in [1.29, 1.82) is 0 Å². The van der Waals surface area contributed by atoms with Crippen LogP contribution in [0.2, 0.25) is 0 Å². The van der Waals surface area contributed by atoms with E-state index in [1.807, 2.05) is 28.9 Å². The Labute approximate surface area is 149 Å². The zero-order valence-electron chi connectivity index (χ0n) is 15.1. The Morgan fingerprint density at radius 3 is 2.48 bits per heavy atom. The quantitative estimate of drug-likeness (QED) is 0.681. The van der Waals surface area contributed by atoms with E-state index >= 15 is 0 Å². The lowest BCUT2D eigenvalue weighted by Gasteiger charge is -2.43. The van der Waals surface area contributed by atoms with Crippen molar-refractivity contribution in [2.75, 3.05) is 45.2 Å². The maximum Gasteiger partial charge on any atom is 0.236 e. The molecule has 8 nitrogen and oxygen atoms in total. The largest absolute Gasteiger partial charge is 0.348 e. The SMILES string of the molecule is CCn1cc(CN2CCN(CC(=O)N(C)C)[C@@H]3CS(=O)(=O)C[C@@H]32)cn1. The van der Waals surface area contributed by atoms with Gasteiger partial charge in [-0.15, -0.1) is 0 Å². The highest BCUT2D eigenvalue weighted by Gasteiger charge is 2.46. The second kappa shape index (κ2) is 7.05. The lowest BCUT2D eigenvalue weighted by Crippen LogP contribution is -2.60. The Balaban J connectivity index is 1.74. The number of rotatable bonds is 5. The number of nitrogens with zero attached hydrogens (tertiary/aromatic N) is 5. The number of aryl methyl sites for hydroxylation is 1. The molecule has 1 amide bonds. The molecule has 0 bridgehead atoms. The highest BCUT2D eigenvalue weighted by atomic mass is 32.2. The third-order valence-electron chi connectivity index (χ3n) is 5.14. The van der Waals surface area contributed by atoms with E-state index < -0.39 is 9.84 Å². The minimum atomic E-state index is -3.07. The molecule has 2 aliphatic rings. The molecule has 3 heterocycles. The van der Waals surface area contributed by atoms with Crippen LogP contribution in [0.4, 0.5) is 0 Å². The number of sulfone groups is 1. The Hall–Kier alpha value is -1.45. The van der Waals surface area contributed by atoms with Crippen LogP contribution in [0.3, 0.4) is 0 Å². The molecule has 9 heteroatoms. The number of amides is 1. The van der Waals surface area contributed by atoms with Crippen molar-refractivity contribution in [1.82, 2.24) is 24.5 Å². The van der Waals surface area contributed by atoms with Gasteiger partial charge in [0.25, 0.3) is 0 Å². The van der Waals surface area contributed by atoms with Gasteiger partial charge in [-0.25, -0.2) is 8.42 Å². The Morgan fingerprint density at radius 2 is 1.88 bits per heavy atom. The summed E-state index contributed by atoms with van der Waals surface area (Å²) in [4.78, 5) is 17.9. The molecule has 0 radical (unpaired) electrons. The van der Waals surface area contributed by atoms with E-state index in [1.54, 1.807) is 19.0 Å². The fourth-order valence-electron chi connectivity index (χ4n) is 3.70. The van der Waals surface area contributed by atoms with Crippen molar-refractivity contribution in [2.45, 2.75) is 32.1 Å². The first-order valence-corrected chi connectivity index (χ1v) is 10.5. The van der Waals surface area contributed by atoms with Crippen molar-refractivity contribution in [3.8, 4) is 0 Å². The number of carbonyl (C=O) groups is 1. The van der Waals surface area contributed by atoms with Crippen molar-refractivity contribution < 1.29 is 13.2 Å². The van der Waals surface area contributed by atoms with Crippen LogP contribution >= 0.6 is 0 Å². The molecule has 1 aromatic heterocycles. The normalized spacial score (nSPS) is 26.5. The van der Waals surface area contributed by atoms with Gasteiger partial charge in [0.05, 0.1) is 24.2 Å². The predicted molar refractivity (Wildman–Crippen MR) is 94.8 cm³/mol. The van der Waals surface area contributed by atoms with Gasteiger partial charge in [0, 0.05) is 64.1 Å². The second-order valence-electron chi connectivity index (χ2n) is 7.14. The van der Waals surface area contributed by atoms with Crippen molar-refractivity contribution in [3.05, 3.63) is 18.0 Å². The minimum absolute atomic E-state index is 0.0146. The molecule has 2 saturated heterocycles. The third-order valence-corrected chi connectivity index (χ3v) is 6.84. The Bertz CT molecular complexity index is 730. The second-order valence-corrected chi connectivity index (χ2v) is 9.30. The van der Waals surface area contributed by atoms with Crippen LogP contribution in [0.5, 0.6) is 0 Å². The molecular formula is C16H27N5O3S.